The second-order valence-electron chi connectivity index (χ2n) is 5.14. The van der Waals surface area contributed by atoms with Gasteiger partial charge in [0.1, 0.15) is 0 Å². The van der Waals surface area contributed by atoms with Gasteiger partial charge in [0.2, 0.25) is 0 Å². The smallest absolute Gasteiger partial charge is 0.267 e. The Kier molecular flexibility index (Phi) is 5.18. The lowest BCUT2D eigenvalue weighted by Gasteiger charge is -2.08. The number of halogens is 1. The lowest BCUT2D eigenvalue weighted by molar-refractivity contribution is 0.0955. The average molecular weight is 379 g/mol. The van der Waals surface area contributed by atoms with E-state index in [0.717, 1.165) is 21.3 Å². The van der Waals surface area contributed by atoms with Gasteiger partial charge >= 0.3 is 0 Å². The number of amides is 1. The van der Waals surface area contributed by atoms with Crippen molar-refractivity contribution in [2.24, 2.45) is 5.10 Å². The Labute approximate surface area is 149 Å². The topological polar surface area (TPSA) is 41.5 Å². The van der Waals surface area contributed by atoms with E-state index in [4.69, 9.17) is 0 Å². The van der Waals surface area contributed by atoms with Crippen molar-refractivity contribution >= 4 is 27.5 Å². The summed E-state index contributed by atoms with van der Waals surface area (Å²) in [7, 11) is 0. The molecule has 0 heterocycles. The van der Waals surface area contributed by atoms with E-state index in [2.05, 4.69) is 26.5 Å². The summed E-state index contributed by atoms with van der Waals surface area (Å²) in [6.07, 6.45) is 0. The molecule has 0 radical (unpaired) electrons. The van der Waals surface area contributed by atoms with Crippen LogP contribution < -0.4 is 5.43 Å². The first-order valence-corrected chi connectivity index (χ1v) is 8.28. The Morgan fingerprint density at radius 1 is 0.750 bits per heavy atom. The number of nitrogens with one attached hydrogen (secondary N) is 1. The van der Waals surface area contributed by atoms with Crippen molar-refractivity contribution in [3.63, 3.8) is 0 Å². The summed E-state index contributed by atoms with van der Waals surface area (Å²) in [4.78, 5) is 12.3. The van der Waals surface area contributed by atoms with E-state index in [1.165, 1.54) is 0 Å². The van der Waals surface area contributed by atoms with Gasteiger partial charge in [-0.25, -0.2) is 5.43 Å². The fourth-order valence-electron chi connectivity index (χ4n) is 2.29. The first-order valence-electron chi connectivity index (χ1n) is 7.48. The second kappa shape index (κ2) is 7.70. The SMILES string of the molecule is O=C(NN=C(c1ccccc1)c1ccccc1)c1cccc(Br)c1. The predicted octanol–water partition coefficient (Wildman–Crippen LogP) is 4.63. The van der Waals surface area contributed by atoms with Crippen LogP contribution in [0, 0.1) is 0 Å². The summed E-state index contributed by atoms with van der Waals surface area (Å²) >= 11 is 3.37. The number of hydrogen-bond acceptors (Lipinski definition) is 2. The molecule has 0 unspecified atom stereocenters. The van der Waals surface area contributed by atoms with Gasteiger partial charge in [0.05, 0.1) is 5.71 Å². The summed E-state index contributed by atoms with van der Waals surface area (Å²) in [6.45, 7) is 0. The van der Waals surface area contributed by atoms with Crippen LogP contribution in [0.25, 0.3) is 0 Å². The van der Waals surface area contributed by atoms with Gasteiger partial charge in [-0.1, -0.05) is 82.7 Å². The first kappa shape index (κ1) is 16.1. The van der Waals surface area contributed by atoms with Crippen molar-refractivity contribution in [1.29, 1.82) is 0 Å². The molecule has 0 saturated heterocycles. The van der Waals surface area contributed by atoms with Crippen LogP contribution in [0.1, 0.15) is 21.5 Å². The summed E-state index contributed by atoms with van der Waals surface area (Å²) < 4.78 is 0.852. The van der Waals surface area contributed by atoms with Crippen LogP contribution in [0.15, 0.2) is 94.5 Å². The molecule has 1 amide bonds. The van der Waals surface area contributed by atoms with E-state index in [0.29, 0.717) is 5.56 Å². The molecule has 0 aliphatic rings. The molecule has 0 atom stereocenters. The molecular weight excluding hydrogens is 364 g/mol. The molecule has 0 aromatic heterocycles. The lowest BCUT2D eigenvalue weighted by atomic mass is 10.0. The molecule has 3 aromatic rings. The second-order valence-corrected chi connectivity index (χ2v) is 6.06. The molecule has 3 nitrogen and oxygen atoms in total. The first-order chi connectivity index (χ1) is 11.7. The van der Waals surface area contributed by atoms with Crippen molar-refractivity contribution in [1.82, 2.24) is 5.43 Å². The molecular formula is C20H15BrN2O. The minimum atomic E-state index is -0.249. The van der Waals surface area contributed by atoms with Gasteiger partial charge in [0.25, 0.3) is 5.91 Å². The third-order valence-corrected chi connectivity index (χ3v) is 3.94. The van der Waals surface area contributed by atoms with Gasteiger partial charge in [0, 0.05) is 21.2 Å². The van der Waals surface area contributed by atoms with E-state index >= 15 is 0 Å². The summed E-state index contributed by atoms with van der Waals surface area (Å²) in [5.74, 6) is -0.249. The maximum absolute atomic E-state index is 12.3. The molecule has 4 heteroatoms. The van der Waals surface area contributed by atoms with Crippen LogP contribution >= 0.6 is 15.9 Å². The van der Waals surface area contributed by atoms with Gasteiger partial charge in [-0.3, -0.25) is 4.79 Å². The molecule has 3 rings (SSSR count). The fraction of sp³-hybridized carbons (Fsp3) is 0. The van der Waals surface area contributed by atoms with Gasteiger partial charge in [-0.05, 0) is 18.2 Å². The Hall–Kier alpha value is -2.72. The number of nitrogens with zero attached hydrogens (tertiary/aromatic N) is 1. The molecule has 0 spiro atoms. The van der Waals surface area contributed by atoms with Crippen LogP contribution in [0.3, 0.4) is 0 Å². The van der Waals surface area contributed by atoms with E-state index in [-0.39, 0.29) is 5.91 Å². The van der Waals surface area contributed by atoms with Crippen molar-refractivity contribution in [3.8, 4) is 0 Å². The highest BCUT2D eigenvalue weighted by atomic mass is 79.9. The molecule has 0 fully saturated rings. The molecule has 24 heavy (non-hydrogen) atoms. The molecule has 1 N–H and O–H groups in total. The number of rotatable bonds is 4. The molecule has 3 aromatic carbocycles. The van der Waals surface area contributed by atoms with Gasteiger partial charge < -0.3 is 0 Å². The maximum atomic E-state index is 12.3. The quantitative estimate of drug-likeness (QED) is 0.521. The van der Waals surface area contributed by atoms with E-state index in [9.17, 15) is 4.79 Å². The van der Waals surface area contributed by atoms with Gasteiger partial charge in [0.15, 0.2) is 0 Å². The number of carbonyl (C=O) groups excluding carboxylic acids is 1. The molecule has 118 valence electrons. The predicted molar refractivity (Wildman–Crippen MR) is 100 cm³/mol. The third-order valence-electron chi connectivity index (χ3n) is 3.45. The fourth-order valence-corrected chi connectivity index (χ4v) is 2.69. The molecule has 0 aliphatic heterocycles. The minimum absolute atomic E-state index is 0.249. The average Bonchev–Trinajstić information content (AvgIpc) is 2.63. The van der Waals surface area contributed by atoms with Crippen molar-refractivity contribution in [3.05, 3.63) is 106 Å². The zero-order chi connectivity index (χ0) is 16.8. The Morgan fingerprint density at radius 3 is 1.83 bits per heavy atom. The van der Waals surface area contributed by atoms with E-state index in [1.807, 2.05) is 72.8 Å². The highest BCUT2D eigenvalue weighted by Crippen LogP contribution is 2.13. The minimum Gasteiger partial charge on any atom is -0.267 e. The van der Waals surface area contributed by atoms with Gasteiger partial charge in [-0.2, -0.15) is 5.10 Å². The van der Waals surface area contributed by atoms with Crippen LogP contribution in [-0.2, 0) is 0 Å². The molecule has 0 aliphatic carbocycles. The summed E-state index contributed by atoms with van der Waals surface area (Å²) in [5.41, 5.74) is 5.81. The van der Waals surface area contributed by atoms with Crippen LogP contribution in [0.2, 0.25) is 0 Å². The Morgan fingerprint density at radius 2 is 1.29 bits per heavy atom. The zero-order valence-electron chi connectivity index (χ0n) is 12.8. The van der Waals surface area contributed by atoms with Crippen molar-refractivity contribution in [2.75, 3.05) is 0 Å². The highest BCUT2D eigenvalue weighted by molar-refractivity contribution is 9.10. The number of hydrogen-bond donors (Lipinski definition) is 1. The zero-order valence-corrected chi connectivity index (χ0v) is 14.4. The lowest BCUT2D eigenvalue weighted by Crippen LogP contribution is -2.20. The Bertz CT molecular complexity index is 820. The summed E-state index contributed by atoms with van der Waals surface area (Å²) in [6, 6.07) is 26.8. The van der Waals surface area contributed by atoms with E-state index in [1.54, 1.807) is 12.1 Å². The molecule has 0 bridgehead atoms. The van der Waals surface area contributed by atoms with Gasteiger partial charge in [-0.15, -0.1) is 0 Å². The normalized spacial score (nSPS) is 10.0. The third kappa shape index (κ3) is 3.97. The number of carbonyl (C=O) groups is 1. The number of hydrazone groups is 1. The largest absolute Gasteiger partial charge is 0.271 e. The van der Waals surface area contributed by atoms with Crippen molar-refractivity contribution in [2.45, 2.75) is 0 Å². The Balaban J connectivity index is 1.91. The standard InChI is InChI=1S/C20H15BrN2O/c21-18-13-7-12-17(14-18)20(24)23-22-19(15-8-3-1-4-9-15)16-10-5-2-6-11-16/h1-14H,(H,23,24). The van der Waals surface area contributed by atoms with Crippen LogP contribution in [-0.4, -0.2) is 11.6 Å². The van der Waals surface area contributed by atoms with E-state index < -0.39 is 0 Å². The van der Waals surface area contributed by atoms with Crippen LogP contribution in [0.4, 0.5) is 0 Å². The molecule has 0 saturated carbocycles. The monoisotopic (exact) mass is 378 g/mol. The summed E-state index contributed by atoms with van der Waals surface area (Å²) in [5, 5.41) is 4.37. The maximum Gasteiger partial charge on any atom is 0.271 e. The van der Waals surface area contributed by atoms with Crippen LogP contribution in [0.5, 0.6) is 0 Å². The highest BCUT2D eigenvalue weighted by Gasteiger charge is 2.09. The number of benzene rings is 3. The van der Waals surface area contributed by atoms with Crippen molar-refractivity contribution < 1.29 is 4.79 Å².